The fourth-order valence-electron chi connectivity index (χ4n) is 3.01. The van der Waals surface area contributed by atoms with Crippen LogP contribution in [0.15, 0.2) is 47.4 Å². The van der Waals surface area contributed by atoms with E-state index in [0.29, 0.717) is 19.8 Å². The molecule has 150 valence electrons. The third-order valence-electron chi connectivity index (χ3n) is 4.66. The molecule has 1 aliphatic heterocycles. The van der Waals surface area contributed by atoms with Crippen molar-refractivity contribution in [3.63, 3.8) is 0 Å². The lowest BCUT2D eigenvalue weighted by Gasteiger charge is -2.26. The molecule has 0 unspecified atom stereocenters. The summed E-state index contributed by atoms with van der Waals surface area (Å²) in [4.78, 5) is 14.0. The maximum absolute atomic E-state index is 14.3. The Bertz CT molecular complexity index is 955. The number of benzene rings is 2. The van der Waals surface area contributed by atoms with Crippen LogP contribution in [0.3, 0.4) is 0 Å². The van der Waals surface area contributed by atoms with E-state index >= 15 is 0 Å². The van der Waals surface area contributed by atoms with Crippen LogP contribution in [0.5, 0.6) is 0 Å². The summed E-state index contributed by atoms with van der Waals surface area (Å²) in [5.74, 6) is -1.32. The van der Waals surface area contributed by atoms with Crippen LogP contribution < -0.4 is 0 Å². The second-order valence-corrected chi connectivity index (χ2v) is 8.74. The summed E-state index contributed by atoms with van der Waals surface area (Å²) in [7, 11) is -2.25. The maximum atomic E-state index is 14.3. The molecule has 1 fully saturated rings. The van der Waals surface area contributed by atoms with E-state index in [-0.39, 0.29) is 23.5 Å². The molecular formula is C20H23FN2O4S. The van der Waals surface area contributed by atoms with Gasteiger partial charge in [-0.05, 0) is 30.7 Å². The minimum atomic E-state index is -3.81. The van der Waals surface area contributed by atoms with Crippen molar-refractivity contribution in [2.45, 2.75) is 18.4 Å². The highest BCUT2D eigenvalue weighted by molar-refractivity contribution is 7.89. The number of aryl methyl sites for hydroxylation is 1. The van der Waals surface area contributed by atoms with Crippen LogP contribution in [0.2, 0.25) is 0 Å². The van der Waals surface area contributed by atoms with E-state index in [1.165, 1.54) is 15.3 Å². The van der Waals surface area contributed by atoms with Gasteiger partial charge in [-0.1, -0.05) is 29.8 Å². The molecule has 6 nitrogen and oxygen atoms in total. The SMILES string of the molecule is Cc1ccc(CN(C)C(=O)c2cc(S(=O)(=O)N3CCOCC3)ccc2F)cc1. The molecule has 8 heteroatoms. The zero-order valence-corrected chi connectivity index (χ0v) is 16.7. The number of carbonyl (C=O) groups is 1. The van der Waals surface area contributed by atoms with Crippen LogP contribution in [0.4, 0.5) is 4.39 Å². The minimum Gasteiger partial charge on any atom is -0.379 e. The van der Waals surface area contributed by atoms with Gasteiger partial charge in [-0.15, -0.1) is 0 Å². The van der Waals surface area contributed by atoms with Crippen molar-refractivity contribution < 1.29 is 22.3 Å². The Morgan fingerprint density at radius 2 is 1.79 bits per heavy atom. The summed E-state index contributed by atoms with van der Waals surface area (Å²) in [5, 5.41) is 0. The van der Waals surface area contributed by atoms with Crippen molar-refractivity contribution in [1.29, 1.82) is 0 Å². The summed E-state index contributed by atoms with van der Waals surface area (Å²) >= 11 is 0. The molecule has 2 aromatic carbocycles. The number of morpholine rings is 1. The molecule has 0 aromatic heterocycles. The van der Waals surface area contributed by atoms with Gasteiger partial charge < -0.3 is 9.64 Å². The van der Waals surface area contributed by atoms with E-state index in [0.717, 1.165) is 23.3 Å². The number of carbonyl (C=O) groups excluding carboxylic acids is 1. The monoisotopic (exact) mass is 406 g/mol. The summed E-state index contributed by atoms with van der Waals surface area (Å²) in [6.45, 7) is 3.34. The molecule has 0 saturated carbocycles. The first-order valence-electron chi connectivity index (χ1n) is 8.97. The average molecular weight is 406 g/mol. The van der Waals surface area contributed by atoms with Gasteiger partial charge in [0.05, 0.1) is 23.7 Å². The van der Waals surface area contributed by atoms with Gasteiger partial charge in [-0.2, -0.15) is 4.31 Å². The van der Waals surface area contributed by atoms with Gasteiger partial charge in [0.25, 0.3) is 5.91 Å². The molecule has 0 bridgehead atoms. The summed E-state index contributed by atoms with van der Waals surface area (Å²) in [6, 6.07) is 11.0. The summed E-state index contributed by atoms with van der Waals surface area (Å²) in [5.41, 5.74) is 1.74. The normalized spacial score (nSPS) is 15.4. The second-order valence-electron chi connectivity index (χ2n) is 6.80. The standard InChI is InChI=1S/C20H23FN2O4S/c1-15-3-5-16(6-4-15)14-22(2)20(24)18-13-17(7-8-19(18)21)28(25,26)23-9-11-27-12-10-23/h3-8,13H,9-12,14H2,1-2H3. The molecule has 28 heavy (non-hydrogen) atoms. The van der Waals surface area contributed by atoms with Crippen LogP contribution in [0.25, 0.3) is 0 Å². The molecule has 0 spiro atoms. The van der Waals surface area contributed by atoms with E-state index < -0.39 is 21.7 Å². The van der Waals surface area contributed by atoms with E-state index in [2.05, 4.69) is 0 Å². The Morgan fingerprint density at radius 3 is 2.43 bits per heavy atom. The van der Waals surface area contributed by atoms with E-state index in [9.17, 15) is 17.6 Å². The summed E-state index contributed by atoms with van der Waals surface area (Å²) in [6.07, 6.45) is 0. The van der Waals surface area contributed by atoms with Gasteiger partial charge in [0.1, 0.15) is 5.82 Å². The lowest BCUT2D eigenvalue weighted by molar-refractivity contribution is 0.0730. The molecule has 3 rings (SSSR count). The van der Waals surface area contributed by atoms with Gasteiger partial charge in [0.15, 0.2) is 0 Å². The molecule has 1 amide bonds. The first-order valence-corrected chi connectivity index (χ1v) is 10.4. The fourth-order valence-corrected chi connectivity index (χ4v) is 4.44. The van der Waals surface area contributed by atoms with Gasteiger partial charge in [-0.25, -0.2) is 12.8 Å². The number of ether oxygens (including phenoxy) is 1. The van der Waals surface area contributed by atoms with E-state index in [1.54, 1.807) is 7.05 Å². The zero-order valence-electron chi connectivity index (χ0n) is 15.9. The van der Waals surface area contributed by atoms with E-state index in [4.69, 9.17) is 4.74 Å². The molecule has 1 heterocycles. The topological polar surface area (TPSA) is 66.9 Å². The number of hydrogen-bond donors (Lipinski definition) is 0. The van der Waals surface area contributed by atoms with Crippen molar-refractivity contribution in [2.24, 2.45) is 0 Å². The Kier molecular flexibility index (Phi) is 6.12. The quantitative estimate of drug-likeness (QED) is 0.765. The van der Waals surface area contributed by atoms with Gasteiger partial charge in [0, 0.05) is 26.7 Å². The third-order valence-corrected chi connectivity index (χ3v) is 6.56. The number of amides is 1. The third kappa shape index (κ3) is 4.40. The van der Waals surface area contributed by atoms with Crippen LogP contribution >= 0.6 is 0 Å². The molecule has 0 atom stereocenters. The summed E-state index contributed by atoms with van der Waals surface area (Å²) < 4.78 is 46.4. The number of halogens is 1. The van der Waals surface area contributed by atoms with Gasteiger partial charge in [0.2, 0.25) is 10.0 Å². The number of hydrogen-bond acceptors (Lipinski definition) is 4. The molecule has 1 saturated heterocycles. The van der Waals surface area contributed by atoms with Crippen molar-refractivity contribution in [3.05, 3.63) is 65.0 Å². The first kappa shape index (κ1) is 20.4. The van der Waals surface area contributed by atoms with E-state index in [1.807, 2.05) is 31.2 Å². The molecule has 0 aliphatic carbocycles. The van der Waals surface area contributed by atoms with Crippen molar-refractivity contribution in [2.75, 3.05) is 33.4 Å². The molecule has 1 aliphatic rings. The molecule has 0 radical (unpaired) electrons. The molecule has 2 aromatic rings. The van der Waals surface area contributed by atoms with Crippen LogP contribution in [-0.2, 0) is 21.3 Å². The maximum Gasteiger partial charge on any atom is 0.256 e. The van der Waals surface area contributed by atoms with Gasteiger partial charge >= 0.3 is 0 Å². The molecular weight excluding hydrogens is 383 g/mol. The van der Waals surface area contributed by atoms with Crippen molar-refractivity contribution >= 4 is 15.9 Å². The molecule has 0 N–H and O–H groups in total. The largest absolute Gasteiger partial charge is 0.379 e. The van der Waals surface area contributed by atoms with Crippen LogP contribution in [0, 0.1) is 12.7 Å². The Balaban J connectivity index is 1.84. The Morgan fingerprint density at radius 1 is 1.14 bits per heavy atom. The lowest BCUT2D eigenvalue weighted by Crippen LogP contribution is -2.40. The number of sulfonamides is 1. The lowest BCUT2D eigenvalue weighted by atomic mass is 10.1. The van der Waals surface area contributed by atoms with Gasteiger partial charge in [-0.3, -0.25) is 4.79 Å². The first-order chi connectivity index (χ1) is 13.3. The van der Waals surface area contributed by atoms with Crippen LogP contribution in [-0.4, -0.2) is 56.9 Å². The highest BCUT2D eigenvalue weighted by Gasteiger charge is 2.28. The van der Waals surface area contributed by atoms with Crippen molar-refractivity contribution in [1.82, 2.24) is 9.21 Å². The predicted molar refractivity (Wildman–Crippen MR) is 103 cm³/mol. The number of nitrogens with zero attached hydrogens (tertiary/aromatic N) is 2. The zero-order chi connectivity index (χ0) is 20.3. The highest BCUT2D eigenvalue weighted by atomic mass is 32.2. The average Bonchev–Trinajstić information content (AvgIpc) is 2.70. The highest BCUT2D eigenvalue weighted by Crippen LogP contribution is 2.21. The second kappa shape index (κ2) is 8.38. The van der Waals surface area contributed by atoms with Crippen molar-refractivity contribution in [3.8, 4) is 0 Å². The Hall–Kier alpha value is -2.29. The smallest absolute Gasteiger partial charge is 0.256 e. The number of rotatable bonds is 5. The Labute approximate surface area is 164 Å². The van der Waals surface area contributed by atoms with Crippen LogP contribution in [0.1, 0.15) is 21.5 Å². The minimum absolute atomic E-state index is 0.0946. The predicted octanol–water partition coefficient (Wildman–Crippen LogP) is 2.43. The fraction of sp³-hybridized carbons (Fsp3) is 0.350.